The van der Waals surface area contributed by atoms with E-state index in [2.05, 4.69) is 5.32 Å². The smallest absolute Gasteiger partial charge is 0.411 e. The molecule has 2 amide bonds. The number of ether oxygens (including phenoxy) is 4. The maximum absolute atomic E-state index is 12.2. The first kappa shape index (κ1) is 21.1. The lowest BCUT2D eigenvalue weighted by Gasteiger charge is -2.31. The van der Waals surface area contributed by atoms with E-state index in [0.29, 0.717) is 36.9 Å². The van der Waals surface area contributed by atoms with E-state index in [1.165, 1.54) is 7.11 Å². The average molecular weight is 406 g/mol. The third-order valence-corrected chi connectivity index (χ3v) is 5.54. The lowest BCUT2D eigenvalue weighted by Crippen LogP contribution is -2.41. The Morgan fingerprint density at radius 2 is 1.79 bits per heavy atom. The molecule has 160 valence electrons. The van der Waals surface area contributed by atoms with E-state index < -0.39 is 6.09 Å². The lowest BCUT2D eigenvalue weighted by atomic mass is 9.98. The predicted molar refractivity (Wildman–Crippen MR) is 108 cm³/mol. The fourth-order valence-corrected chi connectivity index (χ4v) is 3.75. The van der Waals surface area contributed by atoms with Gasteiger partial charge in [0.15, 0.2) is 0 Å². The highest BCUT2D eigenvalue weighted by Crippen LogP contribution is 2.29. The highest BCUT2D eigenvalue weighted by Gasteiger charge is 2.27. The number of carbonyl (C=O) groups excluding carboxylic acids is 2. The number of methoxy groups -OCH3 is 2. The number of amides is 2. The summed E-state index contributed by atoms with van der Waals surface area (Å²) in [5.74, 6) is 1.36. The van der Waals surface area contributed by atoms with Crippen molar-refractivity contribution in [3.63, 3.8) is 0 Å². The Kier molecular flexibility index (Phi) is 7.43. The zero-order valence-corrected chi connectivity index (χ0v) is 17.1. The topological polar surface area (TPSA) is 86.3 Å². The quantitative estimate of drug-likeness (QED) is 0.767. The molecule has 8 nitrogen and oxygen atoms in total. The van der Waals surface area contributed by atoms with Gasteiger partial charge in [-0.05, 0) is 56.6 Å². The van der Waals surface area contributed by atoms with Crippen molar-refractivity contribution < 1.29 is 28.5 Å². The third-order valence-electron chi connectivity index (χ3n) is 5.54. The SMILES string of the molecule is COc1ccc(NC(=O)OCC2CCN(C(=O)OC3CCCC3)CC2)c(OC)c1. The van der Waals surface area contributed by atoms with Gasteiger partial charge in [-0.3, -0.25) is 5.32 Å². The molecule has 0 aromatic heterocycles. The summed E-state index contributed by atoms with van der Waals surface area (Å²) in [6, 6.07) is 5.13. The Morgan fingerprint density at radius 3 is 2.45 bits per heavy atom. The second-order valence-electron chi connectivity index (χ2n) is 7.51. The van der Waals surface area contributed by atoms with Crippen LogP contribution in [0.5, 0.6) is 11.5 Å². The summed E-state index contributed by atoms with van der Waals surface area (Å²) < 4.78 is 21.3. The van der Waals surface area contributed by atoms with E-state index in [4.69, 9.17) is 18.9 Å². The number of likely N-dealkylation sites (tertiary alicyclic amines) is 1. The number of piperidine rings is 1. The van der Waals surface area contributed by atoms with Gasteiger partial charge in [0.2, 0.25) is 0 Å². The summed E-state index contributed by atoms with van der Waals surface area (Å²) in [5.41, 5.74) is 0.516. The maximum atomic E-state index is 12.2. The van der Waals surface area contributed by atoms with Crippen molar-refractivity contribution in [1.82, 2.24) is 4.90 Å². The number of nitrogens with one attached hydrogen (secondary N) is 1. The summed E-state index contributed by atoms with van der Waals surface area (Å²) in [6.07, 6.45) is 5.16. The van der Waals surface area contributed by atoms with Crippen molar-refractivity contribution in [3.05, 3.63) is 18.2 Å². The number of carbonyl (C=O) groups is 2. The molecule has 0 atom stereocenters. The van der Waals surface area contributed by atoms with Gasteiger partial charge in [-0.2, -0.15) is 0 Å². The van der Waals surface area contributed by atoms with Crippen LogP contribution in [0.15, 0.2) is 18.2 Å². The first-order valence-corrected chi connectivity index (χ1v) is 10.2. The summed E-state index contributed by atoms with van der Waals surface area (Å²) in [5, 5.41) is 2.69. The molecule has 1 heterocycles. The van der Waals surface area contributed by atoms with Crippen LogP contribution >= 0.6 is 0 Å². The van der Waals surface area contributed by atoms with Crippen LogP contribution in [-0.4, -0.2) is 57.1 Å². The van der Waals surface area contributed by atoms with Gasteiger partial charge < -0.3 is 23.8 Å². The van der Waals surface area contributed by atoms with E-state index in [-0.39, 0.29) is 18.1 Å². The summed E-state index contributed by atoms with van der Waals surface area (Å²) >= 11 is 0. The minimum absolute atomic E-state index is 0.0854. The van der Waals surface area contributed by atoms with Crippen LogP contribution < -0.4 is 14.8 Å². The van der Waals surface area contributed by atoms with Crippen LogP contribution in [0.1, 0.15) is 38.5 Å². The van der Waals surface area contributed by atoms with Gasteiger partial charge in [0, 0.05) is 19.2 Å². The number of benzene rings is 1. The van der Waals surface area contributed by atoms with Crippen LogP contribution in [0.2, 0.25) is 0 Å². The summed E-state index contributed by atoms with van der Waals surface area (Å²) in [6.45, 7) is 1.58. The molecule has 0 bridgehead atoms. The van der Waals surface area contributed by atoms with Crippen LogP contribution in [0.25, 0.3) is 0 Å². The largest absolute Gasteiger partial charge is 0.497 e. The number of nitrogens with zero attached hydrogens (tertiary/aromatic N) is 1. The Labute approximate surface area is 171 Å². The van der Waals surface area contributed by atoms with E-state index >= 15 is 0 Å². The van der Waals surface area contributed by atoms with E-state index in [1.807, 2.05) is 0 Å². The lowest BCUT2D eigenvalue weighted by molar-refractivity contribution is 0.0485. The zero-order chi connectivity index (χ0) is 20.6. The van der Waals surface area contributed by atoms with Gasteiger partial charge in [-0.1, -0.05) is 0 Å². The zero-order valence-electron chi connectivity index (χ0n) is 17.1. The standard InChI is InChI=1S/C21H30N2O6/c1-26-17-7-8-18(19(13-17)27-2)22-20(24)28-14-15-9-11-23(12-10-15)21(25)29-16-5-3-4-6-16/h7-8,13,15-16H,3-6,9-12,14H2,1-2H3,(H,22,24). The molecule has 1 N–H and O–H groups in total. The molecule has 2 aliphatic rings. The Morgan fingerprint density at radius 1 is 1.07 bits per heavy atom. The molecule has 3 rings (SSSR count). The van der Waals surface area contributed by atoms with E-state index in [9.17, 15) is 9.59 Å². The molecule has 1 aliphatic heterocycles. The molecule has 0 unspecified atom stereocenters. The van der Waals surface area contributed by atoms with Gasteiger partial charge in [0.05, 0.1) is 26.5 Å². The molecular formula is C21H30N2O6. The van der Waals surface area contributed by atoms with E-state index in [1.54, 1.807) is 30.2 Å². The van der Waals surface area contributed by atoms with Crippen molar-refractivity contribution in [2.24, 2.45) is 5.92 Å². The van der Waals surface area contributed by atoms with Crippen LogP contribution in [-0.2, 0) is 9.47 Å². The molecule has 1 aliphatic carbocycles. The van der Waals surface area contributed by atoms with Crippen LogP contribution in [0.3, 0.4) is 0 Å². The third kappa shape index (κ3) is 5.92. The normalized spacial score (nSPS) is 17.7. The molecule has 1 aromatic rings. The number of hydrogen-bond acceptors (Lipinski definition) is 6. The summed E-state index contributed by atoms with van der Waals surface area (Å²) in [4.78, 5) is 26.1. The predicted octanol–water partition coefficient (Wildman–Crippen LogP) is 4.04. The minimum atomic E-state index is -0.531. The molecule has 1 saturated carbocycles. The second kappa shape index (κ2) is 10.2. The minimum Gasteiger partial charge on any atom is -0.497 e. The van der Waals surface area contributed by atoms with Crippen LogP contribution in [0, 0.1) is 5.92 Å². The van der Waals surface area contributed by atoms with Gasteiger partial charge in [0.25, 0.3) is 0 Å². The van der Waals surface area contributed by atoms with E-state index in [0.717, 1.165) is 38.5 Å². The van der Waals surface area contributed by atoms with Gasteiger partial charge in [-0.15, -0.1) is 0 Å². The summed E-state index contributed by atoms with van der Waals surface area (Å²) in [7, 11) is 3.09. The number of anilines is 1. The average Bonchev–Trinajstić information content (AvgIpc) is 3.26. The second-order valence-corrected chi connectivity index (χ2v) is 7.51. The first-order chi connectivity index (χ1) is 14.1. The van der Waals surface area contributed by atoms with Crippen molar-refractivity contribution in [2.45, 2.75) is 44.6 Å². The number of hydrogen-bond donors (Lipinski definition) is 1. The van der Waals surface area contributed by atoms with Gasteiger partial charge in [-0.25, -0.2) is 9.59 Å². The molecule has 2 fully saturated rings. The Bertz CT molecular complexity index is 696. The highest BCUT2D eigenvalue weighted by molar-refractivity contribution is 5.87. The Hall–Kier alpha value is -2.64. The fraction of sp³-hybridized carbons (Fsp3) is 0.619. The maximum Gasteiger partial charge on any atom is 0.411 e. The monoisotopic (exact) mass is 406 g/mol. The van der Waals surface area contributed by atoms with Crippen LogP contribution in [0.4, 0.5) is 15.3 Å². The van der Waals surface area contributed by atoms with Gasteiger partial charge >= 0.3 is 12.2 Å². The molecule has 29 heavy (non-hydrogen) atoms. The molecule has 1 aromatic carbocycles. The molecule has 8 heteroatoms. The van der Waals surface area contributed by atoms with Gasteiger partial charge in [0.1, 0.15) is 17.6 Å². The highest BCUT2D eigenvalue weighted by atomic mass is 16.6. The molecular weight excluding hydrogens is 376 g/mol. The van der Waals surface area contributed by atoms with Crippen molar-refractivity contribution in [1.29, 1.82) is 0 Å². The van der Waals surface area contributed by atoms with Crippen molar-refractivity contribution in [3.8, 4) is 11.5 Å². The molecule has 1 saturated heterocycles. The number of rotatable bonds is 6. The first-order valence-electron chi connectivity index (χ1n) is 10.2. The molecule has 0 radical (unpaired) electrons. The van der Waals surface area contributed by atoms with Crippen molar-refractivity contribution in [2.75, 3.05) is 39.2 Å². The van der Waals surface area contributed by atoms with Crippen molar-refractivity contribution >= 4 is 17.9 Å². The Balaban J connectivity index is 1.38. The molecule has 0 spiro atoms. The fourth-order valence-electron chi connectivity index (χ4n) is 3.75.